The summed E-state index contributed by atoms with van der Waals surface area (Å²) >= 11 is 3.17. The van der Waals surface area contributed by atoms with Gasteiger partial charge in [0.05, 0.1) is 0 Å². The number of carbonyl (C=O) groups is 1. The van der Waals surface area contributed by atoms with E-state index < -0.39 is 5.82 Å². The van der Waals surface area contributed by atoms with Crippen LogP contribution < -0.4 is 14.8 Å². The Bertz CT molecular complexity index is 938. The summed E-state index contributed by atoms with van der Waals surface area (Å²) in [6.45, 7) is 0.423. The predicted molar refractivity (Wildman–Crippen MR) is 106 cm³/mol. The number of amides is 1. The fourth-order valence-electron chi connectivity index (χ4n) is 2.36. The SMILES string of the molecule is O=C(COc1ccc(Br)cc1F)NCc1ccnc(OCc2ccccc2)c1. The van der Waals surface area contributed by atoms with Crippen LogP contribution in [0.5, 0.6) is 11.6 Å². The second-order valence-corrected chi connectivity index (χ2v) is 6.83. The highest BCUT2D eigenvalue weighted by atomic mass is 79.9. The van der Waals surface area contributed by atoms with Crippen molar-refractivity contribution < 1.29 is 18.7 Å². The first-order valence-corrected chi connectivity index (χ1v) is 9.35. The largest absolute Gasteiger partial charge is 0.481 e. The molecule has 28 heavy (non-hydrogen) atoms. The van der Waals surface area contributed by atoms with Gasteiger partial charge in [-0.3, -0.25) is 4.79 Å². The Morgan fingerprint density at radius 3 is 2.64 bits per heavy atom. The molecule has 0 saturated carbocycles. The van der Waals surface area contributed by atoms with Crippen LogP contribution in [0.25, 0.3) is 0 Å². The number of benzene rings is 2. The number of rotatable bonds is 8. The van der Waals surface area contributed by atoms with Crippen molar-refractivity contribution in [1.29, 1.82) is 0 Å². The van der Waals surface area contributed by atoms with E-state index in [-0.39, 0.29) is 24.8 Å². The molecule has 7 heteroatoms. The Kier molecular flexibility index (Phi) is 6.97. The molecule has 0 unspecified atom stereocenters. The van der Waals surface area contributed by atoms with Crippen molar-refractivity contribution >= 4 is 21.8 Å². The number of nitrogens with one attached hydrogen (secondary N) is 1. The fraction of sp³-hybridized carbons (Fsp3) is 0.143. The molecule has 0 fully saturated rings. The third-order valence-corrected chi connectivity index (χ3v) is 4.26. The molecule has 1 aromatic heterocycles. The summed E-state index contributed by atoms with van der Waals surface area (Å²) in [6.07, 6.45) is 1.62. The van der Waals surface area contributed by atoms with Gasteiger partial charge in [-0.25, -0.2) is 9.37 Å². The number of hydrogen-bond acceptors (Lipinski definition) is 4. The third-order valence-electron chi connectivity index (χ3n) is 3.77. The van der Waals surface area contributed by atoms with Gasteiger partial charge in [0.2, 0.25) is 5.88 Å². The van der Waals surface area contributed by atoms with Crippen LogP contribution in [0.3, 0.4) is 0 Å². The van der Waals surface area contributed by atoms with Crippen LogP contribution in [0.15, 0.2) is 71.3 Å². The molecule has 2 aromatic carbocycles. The second kappa shape index (κ2) is 9.85. The first-order chi connectivity index (χ1) is 13.6. The smallest absolute Gasteiger partial charge is 0.258 e. The molecule has 1 N–H and O–H groups in total. The normalized spacial score (nSPS) is 10.4. The van der Waals surface area contributed by atoms with Gasteiger partial charge in [0.25, 0.3) is 5.91 Å². The van der Waals surface area contributed by atoms with Crippen LogP contribution in [0, 0.1) is 5.82 Å². The fourth-order valence-corrected chi connectivity index (χ4v) is 2.69. The van der Waals surface area contributed by atoms with Crippen molar-refractivity contribution in [2.24, 2.45) is 0 Å². The minimum Gasteiger partial charge on any atom is -0.481 e. The van der Waals surface area contributed by atoms with Crippen molar-refractivity contribution in [3.05, 3.63) is 88.3 Å². The van der Waals surface area contributed by atoms with Gasteiger partial charge < -0.3 is 14.8 Å². The van der Waals surface area contributed by atoms with E-state index in [2.05, 4.69) is 26.2 Å². The highest BCUT2D eigenvalue weighted by Crippen LogP contribution is 2.21. The molecule has 3 aromatic rings. The molecule has 1 heterocycles. The van der Waals surface area contributed by atoms with Crippen LogP contribution in [0.1, 0.15) is 11.1 Å². The van der Waals surface area contributed by atoms with E-state index in [9.17, 15) is 9.18 Å². The Morgan fingerprint density at radius 2 is 1.86 bits per heavy atom. The van der Waals surface area contributed by atoms with Crippen molar-refractivity contribution in [3.8, 4) is 11.6 Å². The molecule has 0 aliphatic heterocycles. The van der Waals surface area contributed by atoms with E-state index >= 15 is 0 Å². The second-order valence-electron chi connectivity index (χ2n) is 5.92. The summed E-state index contributed by atoms with van der Waals surface area (Å²) in [4.78, 5) is 16.1. The highest BCUT2D eigenvalue weighted by molar-refractivity contribution is 9.10. The Hall–Kier alpha value is -2.93. The van der Waals surface area contributed by atoms with Gasteiger partial charge in [-0.15, -0.1) is 0 Å². The molecule has 1 amide bonds. The first kappa shape index (κ1) is 19.8. The number of hydrogen-bond donors (Lipinski definition) is 1. The number of halogens is 2. The molecular weight excluding hydrogens is 427 g/mol. The molecule has 0 bridgehead atoms. The van der Waals surface area contributed by atoms with Crippen LogP contribution in [-0.2, 0) is 17.9 Å². The van der Waals surface area contributed by atoms with Crippen molar-refractivity contribution in [3.63, 3.8) is 0 Å². The molecule has 0 spiro atoms. The van der Waals surface area contributed by atoms with Gasteiger partial charge in [-0.1, -0.05) is 46.3 Å². The zero-order valence-electron chi connectivity index (χ0n) is 14.9. The van der Waals surface area contributed by atoms with Crippen molar-refractivity contribution in [1.82, 2.24) is 10.3 Å². The summed E-state index contributed by atoms with van der Waals surface area (Å²) in [5, 5.41) is 2.72. The van der Waals surface area contributed by atoms with E-state index in [0.29, 0.717) is 17.0 Å². The van der Waals surface area contributed by atoms with E-state index in [0.717, 1.165) is 11.1 Å². The maximum Gasteiger partial charge on any atom is 0.258 e. The lowest BCUT2D eigenvalue weighted by atomic mass is 10.2. The molecular formula is C21H18BrFN2O3. The lowest BCUT2D eigenvalue weighted by molar-refractivity contribution is -0.123. The molecule has 0 saturated heterocycles. The van der Waals surface area contributed by atoms with Crippen LogP contribution in [-0.4, -0.2) is 17.5 Å². The number of ether oxygens (including phenoxy) is 2. The minimum atomic E-state index is -0.531. The van der Waals surface area contributed by atoms with E-state index in [4.69, 9.17) is 9.47 Å². The summed E-state index contributed by atoms with van der Waals surface area (Å²) in [6, 6.07) is 17.7. The Balaban J connectivity index is 1.46. The molecule has 0 aliphatic carbocycles. The van der Waals surface area contributed by atoms with Gasteiger partial charge in [0.1, 0.15) is 6.61 Å². The van der Waals surface area contributed by atoms with Crippen molar-refractivity contribution in [2.75, 3.05) is 6.61 Å². The minimum absolute atomic E-state index is 0.0267. The predicted octanol–water partition coefficient (Wildman–Crippen LogP) is 4.26. The summed E-state index contributed by atoms with van der Waals surface area (Å²) < 4.78 is 25.2. The monoisotopic (exact) mass is 444 g/mol. The van der Waals surface area contributed by atoms with Crippen LogP contribution in [0.2, 0.25) is 0 Å². The van der Waals surface area contributed by atoms with E-state index in [1.165, 1.54) is 12.1 Å². The third kappa shape index (κ3) is 6.06. The van der Waals surface area contributed by atoms with Gasteiger partial charge >= 0.3 is 0 Å². The van der Waals surface area contributed by atoms with E-state index in [1.807, 2.05) is 30.3 Å². The number of aromatic nitrogens is 1. The molecule has 144 valence electrons. The van der Waals surface area contributed by atoms with E-state index in [1.54, 1.807) is 24.4 Å². The van der Waals surface area contributed by atoms with Gasteiger partial charge in [-0.2, -0.15) is 0 Å². The lowest BCUT2D eigenvalue weighted by Crippen LogP contribution is -2.28. The maximum atomic E-state index is 13.7. The van der Waals surface area contributed by atoms with Gasteiger partial charge in [-0.05, 0) is 35.4 Å². The average molecular weight is 445 g/mol. The average Bonchev–Trinajstić information content (AvgIpc) is 2.71. The molecule has 0 atom stereocenters. The highest BCUT2D eigenvalue weighted by Gasteiger charge is 2.08. The van der Waals surface area contributed by atoms with Gasteiger partial charge in [0, 0.05) is 23.3 Å². The number of carbonyl (C=O) groups excluding carboxylic acids is 1. The molecule has 5 nitrogen and oxygen atoms in total. The lowest BCUT2D eigenvalue weighted by Gasteiger charge is -2.10. The molecule has 0 radical (unpaired) electrons. The van der Waals surface area contributed by atoms with Crippen molar-refractivity contribution in [2.45, 2.75) is 13.2 Å². The van der Waals surface area contributed by atoms with Gasteiger partial charge in [0.15, 0.2) is 18.2 Å². The zero-order chi connectivity index (χ0) is 19.8. The maximum absolute atomic E-state index is 13.7. The molecule has 0 aliphatic rings. The topological polar surface area (TPSA) is 60.5 Å². The molecule has 3 rings (SSSR count). The van der Waals surface area contributed by atoms with Crippen LogP contribution >= 0.6 is 15.9 Å². The number of nitrogens with zero attached hydrogens (tertiary/aromatic N) is 1. The number of pyridine rings is 1. The Morgan fingerprint density at radius 1 is 1.04 bits per heavy atom. The zero-order valence-corrected chi connectivity index (χ0v) is 16.5. The summed E-state index contributed by atoms with van der Waals surface area (Å²) in [7, 11) is 0. The first-order valence-electron chi connectivity index (χ1n) is 8.56. The summed E-state index contributed by atoms with van der Waals surface area (Å²) in [5.74, 6) is -0.384. The summed E-state index contributed by atoms with van der Waals surface area (Å²) in [5.41, 5.74) is 1.88. The quantitative estimate of drug-likeness (QED) is 0.563. The standard InChI is InChI=1S/C21H18BrFN2O3/c22-17-6-7-19(18(23)11-17)27-14-20(26)25-12-16-8-9-24-21(10-16)28-13-15-4-2-1-3-5-15/h1-11H,12-14H2,(H,25,26). The Labute approximate surface area is 170 Å². The van der Waals surface area contributed by atoms with Crippen LogP contribution in [0.4, 0.5) is 4.39 Å².